The molecule has 0 aromatic heterocycles. The zero-order valence-corrected chi connectivity index (χ0v) is 38.9. The summed E-state index contributed by atoms with van der Waals surface area (Å²) in [7, 11) is -5.12. The van der Waals surface area contributed by atoms with E-state index in [0.29, 0.717) is 12.8 Å². The molecule has 6 N–H and O–H groups in total. The highest BCUT2D eigenvalue weighted by Crippen LogP contribution is 2.47. The Labute approximate surface area is 368 Å². The summed E-state index contributed by atoms with van der Waals surface area (Å²) >= 11 is 0. The third-order valence-corrected chi connectivity index (χ3v) is 12.3. The van der Waals surface area contributed by atoms with E-state index in [-0.39, 0.29) is 12.8 Å². The molecule has 0 aromatic rings. The molecule has 0 aromatic carbocycles. The second-order valence-electron chi connectivity index (χ2n) is 17.0. The Kier molecular flexibility index (Phi) is 35.4. The summed E-state index contributed by atoms with van der Waals surface area (Å²) in [5.74, 6) is -1.10. The van der Waals surface area contributed by atoms with Gasteiger partial charge in [-0.05, 0) is 44.9 Å². The van der Waals surface area contributed by atoms with Crippen molar-refractivity contribution < 1.29 is 63.1 Å². The van der Waals surface area contributed by atoms with Gasteiger partial charge in [-0.1, -0.05) is 173 Å². The summed E-state index contributed by atoms with van der Waals surface area (Å²) in [4.78, 5) is 35.7. The second kappa shape index (κ2) is 37.7. The van der Waals surface area contributed by atoms with E-state index in [1.807, 2.05) is 0 Å². The van der Waals surface area contributed by atoms with Crippen LogP contribution in [0.15, 0.2) is 24.3 Å². The van der Waals surface area contributed by atoms with Crippen molar-refractivity contribution in [1.82, 2.24) is 0 Å². The predicted molar refractivity (Wildman–Crippen MR) is 240 cm³/mol. The standard InChI is InChI=1S/C47H87O13P/c1-3-5-7-9-11-13-15-17-19-20-22-24-26-28-30-32-34-36-41(49)59-39(38-58-61(55,56)60-47-45(53)43(51)42(50)44(52)46(47)54)37-57-40(48)35-33-31-29-27-25-23-21-18-16-14-12-10-8-6-4-2/h11,13,17,19,39,42-47,50-54H,3-10,12,14-16,18,20-38H2,1-2H3,(H,55,56)/b13-11+,19-17+/t39-,42?,43+,44?,45?,46?,47?/m1/s1. The number of aliphatic hydroxyl groups excluding tert-OH is 5. The third kappa shape index (κ3) is 30.2. The molecule has 0 spiro atoms. The first-order chi connectivity index (χ1) is 29.4. The summed E-state index contributed by atoms with van der Waals surface area (Å²) in [6.45, 7) is 3.29. The molecule has 0 radical (unpaired) electrons. The molecule has 0 amide bonds. The van der Waals surface area contributed by atoms with Gasteiger partial charge in [0.05, 0.1) is 6.61 Å². The highest BCUT2D eigenvalue weighted by molar-refractivity contribution is 7.47. The maximum atomic E-state index is 12.8. The Balaban J connectivity index is 2.44. The number of ether oxygens (including phenoxy) is 2. The van der Waals surface area contributed by atoms with Crippen molar-refractivity contribution >= 4 is 19.8 Å². The highest BCUT2D eigenvalue weighted by atomic mass is 31.2. The molecule has 1 aliphatic rings. The lowest BCUT2D eigenvalue weighted by Gasteiger charge is -2.41. The van der Waals surface area contributed by atoms with E-state index >= 15 is 0 Å². The Hall–Kier alpha value is -1.67. The van der Waals surface area contributed by atoms with Crippen LogP contribution in [0.25, 0.3) is 0 Å². The summed E-state index contributed by atoms with van der Waals surface area (Å²) in [5.41, 5.74) is 0. The molecule has 1 saturated carbocycles. The molecule has 1 fully saturated rings. The van der Waals surface area contributed by atoms with Gasteiger partial charge in [-0.2, -0.15) is 0 Å². The van der Waals surface area contributed by atoms with Crippen molar-refractivity contribution in [3.8, 4) is 0 Å². The molecule has 358 valence electrons. The Morgan fingerprint density at radius 2 is 0.885 bits per heavy atom. The molecule has 0 heterocycles. The van der Waals surface area contributed by atoms with Gasteiger partial charge in [-0.15, -0.1) is 0 Å². The van der Waals surface area contributed by atoms with Crippen molar-refractivity contribution in [3.63, 3.8) is 0 Å². The van der Waals surface area contributed by atoms with E-state index in [1.165, 1.54) is 89.9 Å². The molecule has 13 nitrogen and oxygen atoms in total. The van der Waals surface area contributed by atoms with Crippen LogP contribution in [-0.4, -0.2) is 98.3 Å². The second-order valence-corrected chi connectivity index (χ2v) is 18.4. The van der Waals surface area contributed by atoms with Crippen LogP contribution in [0.3, 0.4) is 0 Å². The number of phosphoric ester groups is 1. The Morgan fingerprint density at radius 3 is 1.36 bits per heavy atom. The van der Waals surface area contributed by atoms with Gasteiger partial charge in [0, 0.05) is 12.8 Å². The van der Waals surface area contributed by atoms with Gasteiger partial charge in [0.25, 0.3) is 0 Å². The van der Waals surface area contributed by atoms with Gasteiger partial charge in [-0.3, -0.25) is 18.6 Å². The fourth-order valence-corrected chi connectivity index (χ4v) is 8.35. The average molecular weight is 891 g/mol. The Bertz CT molecular complexity index is 1170. The molecule has 14 heteroatoms. The van der Waals surface area contributed by atoms with Gasteiger partial charge in [0.1, 0.15) is 43.2 Å². The average Bonchev–Trinajstić information content (AvgIpc) is 3.24. The zero-order valence-electron chi connectivity index (χ0n) is 38.0. The molecule has 0 bridgehead atoms. The number of allylic oxidation sites excluding steroid dienone is 4. The van der Waals surface area contributed by atoms with Crippen molar-refractivity contribution in [1.29, 1.82) is 0 Å². The van der Waals surface area contributed by atoms with Crippen LogP contribution in [-0.2, 0) is 32.7 Å². The first-order valence-corrected chi connectivity index (χ1v) is 25.6. The first-order valence-electron chi connectivity index (χ1n) is 24.1. The normalized spacial score (nSPS) is 22.2. The fraction of sp³-hybridized carbons (Fsp3) is 0.872. The van der Waals surface area contributed by atoms with E-state index < -0.39 is 75.7 Å². The van der Waals surface area contributed by atoms with Gasteiger partial charge in [0.15, 0.2) is 6.10 Å². The topological polar surface area (TPSA) is 210 Å². The molecule has 6 unspecified atom stereocenters. The number of hydrogen-bond acceptors (Lipinski definition) is 12. The predicted octanol–water partition coefficient (Wildman–Crippen LogP) is 9.62. The van der Waals surface area contributed by atoms with Crippen LogP contribution in [0.1, 0.15) is 206 Å². The van der Waals surface area contributed by atoms with E-state index in [1.54, 1.807) is 0 Å². The van der Waals surface area contributed by atoms with Crippen molar-refractivity contribution in [3.05, 3.63) is 24.3 Å². The molecule has 0 saturated heterocycles. The number of phosphoric acid groups is 1. The van der Waals surface area contributed by atoms with E-state index in [4.69, 9.17) is 18.5 Å². The minimum atomic E-state index is -5.12. The molecular weight excluding hydrogens is 803 g/mol. The maximum Gasteiger partial charge on any atom is 0.472 e. The maximum absolute atomic E-state index is 12.8. The minimum absolute atomic E-state index is 0.0905. The van der Waals surface area contributed by atoms with E-state index in [2.05, 4.69) is 38.2 Å². The SMILES string of the molecule is CCCCC/C=C/C/C=C/CCCCCCCCCC(=O)O[C@H](COC(=O)CCCCCCCCCCCCCCCCC)COP(=O)(O)OC1C(O)C(O)C(O)[C@H](O)C1O. The number of esters is 2. The van der Waals surface area contributed by atoms with Crippen LogP contribution in [0, 0.1) is 0 Å². The number of rotatable bonds is 40. The molecule has 8 atom stereocenters. The quantitative estimate of drug-likeness (QED) is 0.0147. The lowest BCUT2D eigenvalue weighted by molar-refractivity contribution is -0.220. The fourth-order valence-electron chi connectivity index (χ4n) is 7.38. The van der Waals surface area contributed by atoms with E-state index in [9.17, 15) is 44.6 Å². The monoisotopic (exact) mass is 891 g/mol. The zero-order chi connectivity index (χ0) is 45.0. The van der Waals surface area contributed by atoms with Gasteiger partial charge < -0.3 is 39.9 Å². The van der Waals surface area contributed by atoms with Gasteiger partial charge >= 0.3 is 19.8 Å². The van der Waals surface area contributed by atoms with Gasteiger partial charge in [0.2, 0.25) is 0 Å². The third-order valence-electron chi connectivity index (χ3n) is 11.3. The number of unbranched alkanes of at least 4 members (excludes halogenated alkanes) is 24. The lowest BCUT2D eigenvalue weighted by Crippen LogP contribution is -2.64. The van der Waals surface area contributed by atoms with Gasteiger partial charge in [-0.25, -0.2) is 4.57 Å². The largest absolute Gasteiger partial charge is 0.472 e. The number of hydrogen-bond donors (Lipinski definition) is 6. The van der Waals surface area contributed by atoms with Crippen molar-refractivity contribution in [2.45, 2.75) is 249 Å². The Morgan fingerprint density at radius 1 is 0.508 bits per heavy atom. The first kappa shape index (κ1) is 57.3. The number of aliphatic hydroxyl groups is 5. The van der Waals surface area contributed by atoms with Crippen molar-refractivity contribution in [2.75, 3.05) is 13.2 Å². The van der Waals surface area contributed by atoms with Crippen molar-refractivity contribution in [2.24, 2.45) is 0 Å². The number of carbonyl (C=O) groups excluding carboxylic acids is 2. The summed E-state index contributed by atoms with van der Waals surface area (Å²) in [6, 6.07) is 0. The molecular formula is C47H87O13P. The minimum Gasteiger partial charge on any atom is -0.462 e. The molecule has 1 aliphatic carbocycles. The summed E-state index contributed by atoms with van der Waals surface area (Å²) < 4.78 is 33.6. The van der Waals surface area contributed by atoms with Crippen LogP contribution in [0.4, 0.5) is 0 Å². The summed E-state index contributed by atoms with van der Waals surface area (Å²) in [6.07, 6.45) is 27.9. The van der Waals surface area contributed by atoms with E-state index in [0.717, 1.165) is 77.0 Å². The van der Waals surface area contributed by atoms with Crippen LogP contribution < -0.4 is 0 Å². The molecule has 0 aliphatic heterocycles. The molecule has 1 rings (SSSR count). The summed E-state index contributed by atoms with van der Waals surface area (Å²) in [5, 5.41) is 50.2. The molecule has 61 heavy (non-hydrogen) atoms. The van der Waals surface area contributed by atoms with Crippen LogP contribution in [0.2, 0.25) is 0 Å². The lowest BCUT2D eigenvalue weighted by atomic mass is 9.85. The van der Waals surface area contributed by atoms with Crippen LogP contribution in [0.5, 0.6) is 0 Å². The highest BCUT2D eigenvalue weighted by Gasteiger charge is 2.51. The van der Waals surface area contributed by atoms with Crippen LogP contribution >= 0.6 is 7.82 Å². The smallest absolute Gasteiger partial charge is 0.462 e. The number of carbonyl (C=O) groups is 2.